The Hall–Kier alpha value is -1.46. The van der Waals surface area contributed by atoms with Crippen molar-refractivity contribution in [2.75, 3.05) is 6.54 Å². The number of nitro benzene ring substituents is 1. The van der Waals surface area contributed by atoms with Crippen LogP contribution >= 0.6 is 0 Å². The highest BCUT2D eigenvalue weighted by atomic mass is 16.6. The molecule has 0 aliphatic carbocycles. The Morgan fingerprint density at radius 2 is 1.85 bits per heavy atom. The molecule has 1 aromatic rings. The van der Waals surface area contributed by atoms with Crippen molar-refractivity contribution < 1.29 is 4.92 Å². The summed E-state index contributed by atoms with van der Waals surface area (Å²) >= 11 is 0. The van der Waals surface area contributed by atoms with Crippen LogP contribution in [0.15, 0.2) is 24.3 Å². The maximum atomic E-state index is 10.7. The van der Waals surface area contributed by atoms with Gasteiger partial charge in [-0.3, -0.25) is 15.0 Å². The van der Waals surface area contributed by atoms with Gasteiger partial charge in [-0.25, -0.2) is 0 Å². The lowest BCUT2D eigenvalue weighted by molar-refractivity contribution is -0.384. The van der Waals surface area contributed by atoms with Gasteiger partial charge in [-0.05, 0) is 32.3 Å². The first-order valence-electron chi connectivity index (χ1n) is 7.26. The number of likely N-dealkylation sites (tertiary alicyclic amines) is 1. The van der Waals surface area contributed by atoms with E-state index in [0.29, 0.717) is 18.6 Å². The summed E-state index contributed by atoms with van der Waals surface area (Å²) < 4.78 is 0. The van der Waals surface area contributed by atoms with Crippen molar-refractivity contribution in [3.05, 3.63) is 39.9 Å². The number of hydrogen-bond donors (Lipinski definition) is 1. The molecule has 1 aromatic carbocycles. The highest BCUT2D eigenvalue weighted by Crippen LogP contribution is 2.32. The molecule has 0 amide bonds. The molecule has 1 aliphatic rings. The van der Waals surface area contributed by atoms with Gasteiger partial charge in [0.25, 0.3) is 5.69 Å². The molecule has 1 aliphatic heterocycles. The Morgan fingerprint density at radius 1 is 1.30 bits per heavy atom. The molecule has 5 heteroatoms. The molecule has 0 spiro atoms. The fourth-order valence-corrected chi connectivity index (χ4v) is 3.30. The minimum Gasteiger partial charge on any atom is -0.329 e. The highest BCUT2D eigenvalue weighted by molar-refractivity contribution is 5.34. The molecule has 5 nitrogen and oxygen atoms in total. The van der Waals surface area contributed by atoms with E-state index in [1.54, 1.807) is 12.1 Å². The van der Waals surface area contributed by atoms with E-state index in [-0.39, 0.29) is 16.7 Å². The van der Waals surface area contributed by atoms with Crippen LogP contribution in [0.25, 0.3) is 0 Å². The van der Waals surface area contributed by atoms with E-state index < -0.39 is 0 Å². The van der Waals surface area contributed by atoms with Gasteiger partial charge in [0.2, 0.25) is 0 Å². The van der Waals surface area contributed by atoms with Gasteiger partial charge in [-0.1, -0.05) is 18.6 Å². The van der Waals surface area contributed by atoms with Gasteiger partial charge < -0.3 is 5.73 Å². The third-order valence-corrected chi connectivity index (χ3v) is 4.33. The van der Waals surface area contributed by atoms with Crippen LogP contribution < -0.4 is 5.73 Å². The lowest BCUT2D eigenvalue weighted by Crippen LogP contribution is -2.48. The van der Waals surface area contributed by atoms with Crippen molar-refractivity contribution >= 4 is 5.69 Å². The summed E-state index contributed by atoms with van der Waals surface area (Å²) in [6, 6.07) is 7.95. The minimum absolute atomic E-state index is 0.129. The lowest BCUT2D eigenvalue weighted by atomic mass is 9.92. The number of nitrogens with two attached hydrogens (primary N) is 1. The lowest BCUT2D eigenvalue weighted by Gasteiger charge is -2.44. The molecular formula is C15H23N3O2. The molecule has 0 radical (unpaired) electrons. The summed E-state index contributed by atoms with van der Waals surface area (Å²) in [6.07, 6.45) is 3.64. The van der Waals surface area contributed by atoms with Gasteiger partial charge in [-0.2, -0.15) is 0 Å². The first kappa shape index (κ1) is 14.9. The summed E-state index contributed by atoms with van der Waals surface area (Å²) in [5, 5.41) is 10.7. The number of piperidine rings is 1. The van der Waals surface area contributed by atoms with Crippen molar-refractivity contribution in [3.8, 4) is 0 Å². The zero-order valence-corrected chi connectivity index (χ0v) is 12.2. The van der Waals surface area contributed by atoms with Crippen molar-refractivity contribution in [1.29, 1.82) is 0 Å². The first-order chi connectivity index (χ1) is 9.54. The molecule has 1 saturated heterocycles. The summed E-state index contributed by atoms with van der Waals surface area (Å²) in [6.45, 7) is 5.01. The summed E-state index contributed by atoms with van der Waals surface area (Å²) in [7, 11) is 0. The van der Waals surface area contributed by atoms with Crippen LogP contribution in [0.3, 0.4) is 0 Å². The monoisotopic (exact) mass is 277 g/mol. The van der Waals surface area contributed by atoms with Gasteiger partial charge >= 0.3 is 0 Å². The van der Waals surface area contributed by atoms with E-state index >= 15 is 0 Å². The van der Waals surface area contributed by atoms with Crippen molar-refractivity contribution in [2.24, 2.45) is 5.73 Å². The Balaban J connectivity index is 2.24. The summed E-state index contributed by atoms with van der Waals surface area (Å²) in [5.41, 5.74) is 7.18. The normalized spacial score (nSPS) is 25.4. The van der Waals surface area contributed by atoms with E-state index in [1.165, 1.54) is 19.3 Å². The second-order valence-corrected chi connectivity index (χ2v) is 5.68. The van der Waals surface area contributed by atoms with Crippen LogP contribution in [0.1, 0.15) is 44.7 Å². The van der Waals surface area contributed by atoms with E-state index in [0.717, 1.165) is 5.56 Å². The highest BCUT2D eigenvalue weighted by Gasteiger charge is 2.31. The smallest absolute Gasteiger partial charge is 0.269 e. The van der Waals surface area contributed by atoms with Gasteiger partial charge in [0.15, 0.2) is 0 Å². The average Bonchev–Trinajstić information content (AvgIpc) is 2.43. The van der Waals surface area contributed by atoms with Crippen LogP contribution in [0.4, 0.5) is 5.69 Å². The third kappa shape index (κ3) is 2.99. The number of nitrogens with zero attached hydrogens (tertiary/aromatic N) is 2. The standard InChI is InChI=1S/C15H23N3O2/c1-11-4-3-5-12(2)17(11)15(10-16)13-6-8-14(9-7-13)18(19)20/h6-9,11-12,15H,3-5,10,16H2,1-2H3. The first-order valence-corrected chi connectivity index (χ1v) is 7.26. The summed E-state index contributed by atoms with van der Waals surface area (Å²) in [5.74, 6) is 0. The molecule has 3 atom stereocenters. The van der Waals surface area contributed by atoms with Gasteiger partial charge in [0, 0.05) is 36.8 Å². The van der Waals surface area contributed by atoms with E-state index in [2.05, 4.69) is 18.7 Å². The van der Waals surface area contributed by atoms with Gasteiger partial charge in [0.05, 0.1) is 4.92 Å². The fourth-order valence-electron chi connectivity index (χ4n) is 3.30. The number of benzene rings is 1. The third-order valence-electron chi connectivity index (χ3n) is 4.33. The molecule has 3 unspecified atom stereocenters. The van der Waals surface area contributed by atoms with Crippen LogP contribution in [0, 0.1) is 10.1 Å². The molecule has 0 saturated carbocycles. The Morgan fingerprint density at radius 3 is 2.30 bits per heavy atom. The number of non-ortho nitro benzene ring substituents is 1. The van der Waals surface area contributed by atoms with Crippen LogP contribution in [0.2, 0.25) is 0 Å². The Kier molecular flexibility index (Phi) is 4.73. The van der Waals surface area contributed by atoms with Crippen LogP contribution in [0.5, 0.6) is 0 Å². The molecule has 2 N–H and O–H groups in total. The summed E-state index contributed by atoms with van der Waals surface area (Å²) in [4.78, 5) is 12.8. The van der Waals surface area contributed by atoms with Crippen molar-refractivity contribution in [2.45, 2.75) is 51.2 Å². The second kappa shape index (κ2) is 6.33. The molecular weight excluding hydrogens is 254 g/mol. The second-order valence-electron chi connectivity index (χ2n) is 5.68. The van der Waals surface area contributed by atoms with Gasteiger partial charge in [0.1, 0.15) is 0 Å². The zero-order chi connectivity index (χ0) is 14.7. The topological polar surface area (TPSA) is 72.4 Å². The molecule has 20 heavy (non-hydrogen) atoms. The molecule has 110 valence electrons. The predicted molar refractivity (Wildman–Crippen MR) is 79.5 cm³/mol. The number of hydrogen-bond acceptors (Lipinski definition) is 4. The molecule has 2 rings (SSSR count). The molecule has 0 bridgehead atoms. The quantitative estimate of drug-likeness (QED) is 0.678. The van der Waals surface area contributed by atoms with E-state index in [9.17, 15) is 10.1 Å². The number of rotatable bonds is 4. The zero-order valence-electron chi connectivity index (χ0n) is 12.2. The van der Waals surface area contributed by atoms with Crippen molar-refractivity contribution in [1.82, 2.24) is 4.90 Å². The Bertz CT molecular complexity index is 451. The largest absolute Gasteiger partial charge is 0.329 e. The van der Waals surface area contributed by atoms with E-state index in [4.69, 9.17) is 5.73 Å². The van der Waals surface area contributed by atoms with E-state index in [1.807, 2.05) is 12.1 Å². The SMILES string of the molecule is CC1CCCC(C)N1C(CN)c1ccc([N+](=O)[O-])cc1. The fraction of sp³-hybridized carbons (Fsp3) is 0.600. The van der Waals surface area contributed by atoms with Crippen molar-refractivity contribution in [3.63, 3.8) is 0 Å². The van der Waals surface area contributed by atoms with Crippen LogP contribution in [-0.4, -0.2) is 28.5 Å². The minimum atomic E-state index is -0.368. The van der Waals surface area contributed by atoms with Gasteiger partial charge in [-0.15, -0.1) is 0 Å². The van der Waals surface area contributed by atoms with Crippen LogP contribution in [-0.2, 0) is 0 Å². The number of nitro groups is 1. The maximum absolute atomic E-state index is 10.7. The molecule has 1 heterocycles. The Labute approximate surface area is 119 Å². The molecule has 0 aromatic heterocycles. The average molecular weight is 277 g/mol. The predicted octanol–water partition coefficient (Wildman–Crippen LogP) is 2.86. The molecule has 1 fully saturated rings. The maximum Gasteiger partial charge on any atom is 0.269 e.